The molecule has 0 aromatic heterocycles. The first-order valence-electron chi connectivity index (χ1n) is 38.9. The van der Waals surface area contributed by atoms with Crippen LogP contribution in [0.5, 0.6) is 0 Å². The summed E-state index contributed by atoms with van der Waals surface area (Å²) in [6, 6.07) is 149. The van der Waals surface area contributed by atoms with Crippen LogP contribution in [0.1, 0.15) is 16.7 Å². The van der Waals surface area contributed by atoms with Gasteiger partial charge in [0.25, 0.3) is 0 Å². The highest BCUT2D eigenvalue weighted by molar-refractivity contribution is 9.10. The molecule has 3 aliphatic rings. The third-order valence-electron chi connectivity index (χ3n) is 20.7. The lowest BCUT2D eigenvalue weighted by molar-refractivity contribution is 1.15. The normalized spacial score (nSPS) is 12.0. The highest BCUT2D eigenvalue weighted by Gasteiger charge is 2.30. The number of nitrogens with zero attached hydrogens (tertiary/aromatic N) is 5. The van der Waals surface area contributed by atoms with Crippen molar-refractivity contribution in [3.63, 3.8) is 0 Å². The van der Waals surface area contributed by atoms with Gasteiger partial charge < -0.3 is 35.1 Å². The molecule has 0 atom stereocenters. The van der Waals surface area contributed by atoms with E-state index in [0.717, 1.165) is 83.8 Å². The van der Waals surface area contributed by atoms with Gasteiger partial charge >= 0.3 is 0 Å². The highest BCUT2D eigenvalue weighted by atomic mass is 79.9. The molecule has 17 aromatic carbocycles. The summed E-state index contributed by atoms with van der Waals surface area (Å²) < 4.78 is 1.11. The number of aryl methyl sites for hydroxylation is 3. The fourth-order valence-electron chi connectivity index (χ4n) is 14.9. The molecule has 0 saturated heterocycles. The van der Waals surface area contributed by atoms with E-state index in [-0.39, 0.29) is 0 Å². The minimum Gasteiger partial charge on any atom is -0.356 e. The van der Waals surface area contributed by atoms with Gasteiger partial charge in [0.1, 0.15) is 0 Å². The van der Waals surface area contributed by atoms with Gasteiger partial charge in [-0.1, -0.05) is 262 Å². The average Bonchev–Trinajstić information content (AvgIpc) is 0.767. The topological polar surface area (TPSA) is 40.3 Å². The van der Waals surface area contributed by atoms with Gasteiger partial charge in [0.15, 0.2) is 0 Å². The van der Waals surface area contributed by atoms with E-state index in [1.54, 1.807) is 0 Å². The van der Waals surface area contributed by atoms with Crippen molar-refractivity contribution >= 4 is 159 Å². The zero-order chi connectivity index (χ0) is 78.3. The predicted octanol–water partition coefficient (Wildman–Crippen LogP) is 32.3. The van der Waals surface area contributed by atoms with Crippen molar-refractivity contribution in [1.29, 1.82) is 0 Å². The number of rotatable bonds is 15. The third kappa shape index (κ3) is 16.2. The molecule has 116 heavy (non-hydrogen) atoms. The Bertz CT molecular complexity index is 5950. The van der Waals surface area contributed by atoms with E-state index in [4.69, 9.17) is 0 Å². The zero-order valence-corrected chi connectivity index (χ0v) is 68.2. The van der Waals surface area contributed by atoms with Crippen LogP contribution in [0.2, 0.25) is 0 Å². The first kappa shape index (κ1) is 74.3. The summed E-state index contributed by atoms with van der Waals surface area (Å²) in [4.78, 5) is 19.3. The predicted molar refractivity (Wildman–Crippen MR) is 497 cm³/mol. The molecular weight excluding hydrogens is 1540 g/mol. The first-order chi connectivity index (χ1) is 57.1. The summed E-state index contributed by atoms with van der Waals surface area (Å²) in [6.07, 6.45) is 0. The van der Waals surface area contributed by atoms with Gasteiger partial charge in [0.05, 0.1) is 34.1 Å². The van der Waals surface area contributed by atoms with Gasteiger partial charge in [-0.2, -0.15) is 0 Å². The van der Waals surface area contributed by atoms with Crippen LogP contribution in [0, 0.1) is 20.8 Å². The van der Waals surface area contributed by atoms with Crippen LogP contribution in [0.4, 0.5) is 108 Å². The summed E-state index contributed by atoms with van der Waals surface area (Å²) in [7, 11) is 0. The quantitative estimate of drug-likeness (QED) is 0.104. The number of halogens is 1. The Morgan fingerprint density at radius 1 is 0.216 bits per heavy atom. The van der Waals surface area contributed by atoms with Crippen molar-refractivity contribution in [3.05, 3.63) is 440 Å². The number of fused-ring (bicyclic) bond motifs is 6. The van der Waals surface area contributed by atoms with E-state index in [0.29, 0.717) is 0 Å². The van der Waals surface area contributed by atoms with E-state index in [1.807, 2.05) is 71.7 Å². The Morgan fingerprint density at radius 2 is 0.466 bits per heavy atom. The van der Waals surface area contributed by atoms with E-state index in [1.165, 1.54) is 97.0 Å². The summed E-state index contributed by atoms with van der Waals surface area (Å²) in [6.45, 7) is 6.40. The Balaban J connectivity index is 0.000000156. The molecule has 0 spiro atoms. The number of hydrogen-bond donors (Lipinski definition) is 2. The van der Waals surface area contributed by atoms with Crippen molar-refractivity contribution in [2.45, 2.75) is 50.1 Å². The molecule has 0 fully saturated rings. The standard InChI is InChI=1S/C62H46N4S2.C24H20N2.C19H14BrNS/c1-43-21-29-51(30-22-43)65-55-17-9-11-19-59(55)67-61-41-53(37-39-57(61)65)63(47-13-5-3-6-14-47)49-33-25-45(26-34-49)46-27-35-50(36-28-46)64(48-15-7-4-8-16-48)54-38-40-58-62(42-54)68-60-20-12-10-18-56(60)66(58)52-31-23-44(2)24-32-52;1-3-7-21(8-4-1)25-23-15-11-19(12-16-23)20-13-17-24(18-14-20)26-22-9-5-2-6-10-22;1-13-6-9-15(10-7-13)21-16-4-2-3-5-18(16)22-19-12-14(20)8-11-17(19)21/h3-42H,1-2H3;1-18,25-26H;2-12H,1H3. The van der Waals surface area contributed by atoms with E-state index < -0.39 is 0 Å². The van der Waals surface area contributed by atoms with Crippen LogP contribution < -0.4 is 35.1 Å². The molecule has 11 heteroatoms. The van der Waals surface area contributed by atoms with Gasteiger partial charge in [-0.05, 0) is 267 Å². The molecule has 17 aromatic rings. The number of para-hydroxylation sites is 7. The van der Waals surface area contributed by atoms with E-state index in [2.05, 4.69) is 454 Å². The zero-order valence-electron chi connectivity index (χ0n) is 64.2. The molecule has 7 nitrogen and oxygen atoms in total. The molecule has 20 rings (SSSR count). The second-order valence-corrected chi connectivity index (χ2v) is 32.9. The van der Waals surface area contributed by atoms with Crippen molar-refractivity contribution in [1.82, 2.24) is 0 Å². The highest BCUT2D eigenvalue weighted by Crippen LogP contribution is 2.56. The Hall–Kier alpha value is -13.1. The second kappa shape index (κ2) is 33.9. The van der Waals surface area contributed by atoms with Crippen molar-refractivity contribution in [3.8, 4) is 22.3 Å². The lowest BCUT2D eigenvalue weighted by Gasteiger charge is -2.34. The van der Waals surface area contributed by atoms with Crippen LogP contribution in [-0.2, 0) is 0 Å². The number of hydrogen-bond acceptors (Lipinski definition) is 10. The summed E-state index contributed by atoms with van der Waals surface area (Å²) in [5, 5.41) is 6.82. The van der Waals surface area contributed by atoms with Gasteiger partial charge in [-0.3, -0.25) is 0 Å². The van der Waals surface area contributed by atoms with E-state index in [9.17, 15) is 0 Å². The van der Waals surface area contributed by atoms with Gasteiger partial charge in [-0.25, -0.2) is 0 Å². The maximum atomic E-state index is 3.58. The van der Waals surface area contributed by atoms with Crippen LogP contribution in [0.25, 0.3) is 22.3 Å². The van der Waals surface area contributed by atoms with Crippen molar-refractivity contribution in [2.75, 3.05) is 35.1 Å². The van der Waals surface area contributed by atoms with E-state index >= 15 is 0 Å². The molecule has 0 amide bonds. The Kier molecular flexibility index (Phi) is 21.7. The molecule has 2 N–H and O–H groups in total. The lowest BCUT2D eigenvalue weighted by Crippen LogP contribution is -2.16. The Labute approximate surface area is 701 Å². The minimum absolute atomic E-state index is 1.09. The number of benzene rings is 17. The van der Waals surface area contributed by atoms with Crippen LogP contribution in [0.3, 0.4) is 0 Å². The molecule has 0 radical (unpaired) electrons. The average molecular weight is 1620 g/mol. The molecule has 0 aliphatic carbocycles. The minimum atomic E-state index is 1.09. The van der Waals surface area contributed by atoms with Crippen LogP contribution >= 0.6 is 51.2 Å². The Morgan fingerprint density at radius 3 is 0.802 bits per heavy atom. The SMILES string of the molecule is Cc1ccc(N2c3ccccc3Sc3cc(Br)ccc32)cc1.Cc1ccc(N2c3ccccc3Sc3cc(N(c4ccccc4)c4ccc(-c5ccc(N(c6ccccc6)c6ccc7c(c6)Sc6ccccc6N7c6ccc(C)cc6)cc5)cc4)ccc32)cc1.c1ccc(Nc2ccc(-c3ccc(Nc4ccccc4)cc3)cc2)cc1. The molecule has 3 aliphatic heterocycles. The molecule has 0 saturated carbocycles. The molecule has 560 valence electrons. The van der Waals surface area contributed by atoms with Crippen molar-refractivity contribution in [2.24, 2.45) is 0 Å². The van der Waals surface area contributed by atoms with Crippen LogP contribution in [0.15, 0.2) is 452 Å². The monoisotopic (exact) mass is 1610 g/mol. The third-order valence-corrected chi connectivity index (χ3v) is 24.6. The molecule has 0 bridgehead atoms. The molecule has 0 unspecified atom stereocenters. The summed E-state index contributed by atoms with van der Waals surface area (Å²) in [5.74, 6) is 0. The first-order valence-corrected chi connectivity index (χ1v) is 42.1. The number of anilines is 19. The summed E-state index contributed by atoms with van der Waals surface area (Å²) in [5.41, 5.74) is 30.2. The van der Waals surface area contributed by atoms with Crippen molar-refractivity contribution < 1.29 is 0 Å². The van der Waals surface area contributed by atoms with Gasteiger partial charge in [0.2, 0.25) is 0 Å². The maximum absolute atomic E-state index is 3.58. The molecular formula is C105H80BrN7S3. The summed E-state index contributed by atoms with van der Waals surface area (Å²) >= 11 is 9.08. The van der Waals surface area contributed by atoms with Crippen LogP contribution in [-0.4, -0.2) is 0 Å². The second-order valence-electron chi connectivity index (χ2n) is 28.7. The maximum Gasteiger partial charge on any atom is 0.0603 e. The van der Waals surface area contributed by atoms with Gasteiger partial charge in [-0.15, -0.1) is 0 Å². The fourth-order valence-corrected chi connectivity index (χ4v) is 18.7. The number of nitrogens with one attached hydrogen (secondary N) is 2. The largest absolute Gasteiger partial charge is 0.356 e. The smallest absolute Gasteiger partial charge is 0.0603 e. The lowest BCUT2D eigenvalue weighted by atomic mass is 10.0. The van der Waals surface area contributed by atoms with Gasteiger partial charge in [0, 0.05) is 108 Å². The molecule has 3 heterocycles. The fraction of sp³-hybridized carbons (Fsp3) is 0.0286.